The predicted molar refractivity (Wildman–Crippen MR) is 121 cm³/mol. The number of carboxylic acid groups (broad SMARTS) is 1. The van der Waals surface area contributed by atoms with Crippen molar-refractivity contribution in [2.75, 3.05) is 7.11 Å². The number of hydrogen-bond donors (Lipinski definition) is 1. The molecule has 0 aliphatic rings. The zero-order valence-corrected chi connectivity index (χ0v) is 17.9. The van der Waals surface area contributed by atoms with Crippen molar-refractivity contribution in [3.63, 3.8) is 0 Å². The second kappa shape index (κ2) is 13.4. The number of rotatable bonds is 13. The third-order valence-electron chi connectivity index (χ3n) is 4.76. The molecule has 0 spiro atoms. The lowest BCUT2D eigenvalue weighted by Crippen LogP contribution is -2.04. The number of allylic oxidation sites excluding steroid dienone is 3. The van der Waals surface area contributed by atoms with E-state index in [2.05, 4.69) is 30.4 Å². The normalized spacial score (nSPS) is 13.5. The molecule has 0 heterocycles. The lowest BCUT2D eigenvalue weighted by molar-refractivity contribution is -0.137. The Labute approximate surface area is 179 Å². The first-order valence-electron chi connectivity index (χ1n) is 10.4. The summed E-state index contributed by atoms with van der Waals surface area (Å²) in [4.78, 5) is 10.7. The van der Waals surface area contributed by atoms with E-state index in [9.17, 15) is 4.79 Å². The first-order chi connectivity index (χ1) is 14.6. The Hall–Kier alpha value is -2.85. The lowest BCUT2D eigenvalue weighted by Gasteiger charge is -2.17. The van der Waals surface area contributed by atoms with Gasteiger partial charge in [-0.2, -0.15) is 0 Å². The Kier molecular flexibility index (Phi) is 10.5. The van der Waals surface area contributed by atoms with Crippen LogP contribution in [0.4, 0.5) is 0 Å². The smallest absolute Gasteiger partial charge is 0.303 e. The van der Waals surface area contributed by atoms with Gasteiger partial charge in [-0.3, -0.25) is 4.79 Å². The highest BCUT2D eigenvalue weighted by molar-refractivity contribution is 5.67. The molecule has 0 fully saturated rings. The zero-order valence-electron chi connectivity index (χ0n) is 17.9. The van der Waals surface area contributed by atoms with Crippen molar-refractivity contribution < 1.29 is 19.4 Å². The zero-order chi connectivity index (χ0) is 21.6. The van der Waals surface area contributed by atoms with Crippen LogP contribution in [0.3, 0.4) is 0 Å². The van der Waals surface area contributed by atoms with Gasteiger partial charge in [0.05, 0.1) is 26.2 Å². The van der Waals surface area contributed by atoms with Crippen LogP contribution < -0.4 is 4.74 Å². The molecule has 4 heteroatoms. The van der Waals surface area contributed by atoms with Gasteiger partial charge in [0.15, 0.2) is 0 Å². The standard InChI is InChI=1S/C26H32O4/c1-21(19-26(27)28)11-7-4-3-5-10-14-25(23-12-8-6-9-13-23)30-20-22-15-17-24(29-2)18-16-22/h5-13,15-18,21,25H,3-4,14,19-20H2,1-2H3,(H,27,28)/b10-5-,11-7+/t21-,25+/m0/s1. The van der Waals surface area contributed by atoms with Crippen LogP contribution in [0, 0.1) is 5.92 Å². The van der Waals surface area contributed by atoms with E-state index in [0.717, 1.165) is 36.1 Å². The average molecular weight is 409 g/mol. The summed E-state index contributed by atoms with van der Waals surface area (Å²) in [5.41, 5.74) is 2.28. The van der Waals surface area contributed by atoms with Crippen molar-refractivity contribution in [1.29, 1.82) is 0 Å². The van der Waals surface area contributed by atoms with Crippen molar-refractivity contribution in [3.05, 3.63) is 90.0 Å². The summed E-state index contributed by atoms with van der Waals surface area (Å²) < 4.78 is 11.4. The molecule has 0 aliphatic carbocycles. The number of methoxy groups -OCH3 is 1. The molecule has 0 unspecified atom stereocenters. The fraction of sp³-hybridized carbons (Fsp3) is 0.346. The summed E-state index contributed by atoms with van der Waals surface area (Å²) in [5.74, 6) is 0.154. The van der Waals surface area contributed by atoms with Gasteiger partial charge in [-0.25, -0.2) is 0 Å². The molecule has 2 rings (SSSR count). The number of aliphatic carboxylic acids is 1. The average Bonchev–Trinajstić information content (AvgIpc) is 2.75. The van der Waals surface area contributed by atoms with Crippen LogP contribution in [-0.2, 0) is 16.1 Å². The van der Waals surface area contributed by atoms with Gasteiger partial charge in [-0.05, 0) is 48.4 Å². The van der Waals surface area contributed by atoms with Crippen LogP contribution in [0.5, 0.6) is 5.75 Å². The SMILES string of the molecule is COc1ccc(CO[C@H](C/C=C\CC/C=C/[C@H](C)CC(=O)O)c2ccccc2)cc1. The maximum Gasteiger partial charge on any atom is 0.303 e. The fourth-order valence-corrected chi connectivity index (χ4v) is 3.09. The monoisotopic (exact) mass is 408 g/mol. The molecule has 160 valence electrons. The van der Waals surface area contributed by atoms with Gasteiger partial charge in [-0.1, -0.05) is 73.7 Å². The number of carbonyl (C=O) groups is 1. The van der Waals surface area contributed by atoms with Crippen LogP contribution in [0.1, 0.15) is 49.8 Å². The summed E-state index contributed by atoms with van der Waals surface area (Å²) in [5, 5.41) is 8.78. The van der Waals surface area contributed by atoms with Crippen molar-refractivity contribution in [1.82, 2.24) is 0 Å². The van der Waals surface area contributed by atoms with Gasteiger partial charge in [-0.15, -0.1) is 0 Å². The maximum atomic E-state index is 10.7. The molecule has 2 aromatic carbocycles. The molecule has 1 N–H and O–H groups in total. The number of unbranched alkanes of at least 4 members (excludes halogenated alkanes) is 1. The minimum absolute atomic E-state index is 0.00400. The minimum atomic E-state index is -0.756. The molecule has 2 atom stereocenters. The quantitative estimate of drug-likeness (QED) is 0.310. The highest BCUT2D eigenvalue weighted by Gasteiger charge is 2.10. The second-order valence-electron chi connectivity index (χ2n) is 7.35. The van der Waals surface area contributed by atoms with E-state index in [1.807, 2.05) is 55.5 Å². The van der Waals surface area contributed by atoms with Gasteiger partial charge in [0.25, 0.3) is 0 Å². The fourth-order valence-electron chi connectivity index (χ4n) is 3.09. The Morgan fingerprint density at radius 3 is 2.37 bits per heavy atom. The summed E-state index contributed by atoms with van der Waals surface area (Å²) >= 11 is 0. The van der Waals surface area contributed by atoms with Gasteiger partial charge in [0.2, 0.25) is 0 Å². The van der Waals surface area contributed by atoms with E-state index in [1.165, 1.54) is 0 Å². The van der Waals surface area contributed by atoms with Crippen molar-refractivity contribution >= 4 is 5.97 Å². The first-order valence-corrected chi connectivity index (χ1v) is 10.4. The third-order valence-corrected chi connectivity index (χ3v) is 4.76. The molecule has 0 saturated carbocycles. The number of carboxylic acids is 1. The molecule has 0 radical (unpaired) electrons. The molecule has 30 heavy (non-hydrogen) atoms. The molecular formula is C26H32O4. The summed E-state index contributed by atoms with van der Waals surface area (Å²) in [6.45, 7) is 2.46. The third kappa shape index (κ3) is 9.10. The Bertz CT molecular complexity index is 794. The predicted octanol–water partition coefficient (Wildman–Crippen LogP) is 6.35. The van der Waals surface area contributed by atoms with Crippen LogP contribution >= 0.6 is 0 Å². The Morgan fingerprint density at radius 1 is 1.00 bits per heavy atom. The molecule has 0 amide bonds. The van der Waals surface area contributed by atoms with Crippen LogP contribution in [0.25, 0.3) is 0 Å². The second-order valence-corrected chi connectivity index (χ2v) is 7.35. The van der Waals surface area contributed by atoms with Crippen molar-refractivity contribution in [2.45, 2.75) is 45.3 Å². The van der Waals surface area contributed by atoms with Crippen molar-refractivity contribution in [2.24, 2.45) is 5.92 Å². The maximum absolute atomic E-state index is 10.7. The molecule has 0 aliphatic heterocycles. The van der Waals surface area contributed by atoms with Gasteiger partial charge in [0, 0.05) is 0 Å². The topological polar surface area (TPSA) is 55.8 Å². The van der Waals surface area contributed by atoms with Gasteiger partial charge >= 0.3 is 5.97 Å². The molecular weight excluding hydrogens is 376 g/mol. The van der Waals surface area contributed by atoms with E-state index in [1.54, 1.807) is 7.11 Å². The van der Waals surface area contributed by atoms with E-state index in [0.29, 0.717) is 6.61 Å². The Balaban J connectivity index is 1.84. The molecule has 0 aromatic heterocycles. The van der Waals surface area contributed by atoms with E-state index >= 15 is 0 Å². The number of hydrogen-bond acceptors (Lipinski definition) is 3. The molecule has 0 bridgehead atoms. The highest BCUT2D eigenvalue weighted by atomic mass is 16.5. The summed E-state index contributed by atoms with van der Waals surface area (Å²) in [6.07, 6.45) is 11.2. The number of ether oxygens (including phenoxy) is 2. The van der Waals surface area contributed by atoms with Crippen LogP contribution in [0.15, 0.2) is 78.9 Å². The van der Waals surface area contributed by atoms with E-state index in [-0.39, 0.29) is 18.4 Å². The molecule has 4 nitrogen and oxygen atoms in total. The first kappa shape index (κ1) is 23.4. The molecule has 0 saturated heterocycles. The van der Waals surface area contributed by atoms with E-state index in [4.69, 9.17) is 14.6 Å². The summed E-state index contributed by atoms with van der Waals surface area (Å²) in [7, 11) is 1.66. The highest BCUT2D eigenvalue weighted by Crippen LogP contribution is 2.24. The summed E-state index contributed by atoms with van der Waals surface area (Å²) in [6, 6.07) is 18.2. The van der Waals surface area contributed by atoms with E-state index < -0.39 is 5.97 Å². The van der Waals surface area contributed by atoms with Gasteiger partial charge in [0.1, 0.15) is 5.75 Å². The number of benzene rings is 2. The van der Waals surface area contributed by atoms with Gasteiger partial charge < -0.3 is 14.6 Å². The van der Waals surface area contributed by atoms with Crippen LogP contribution in [-0.4, -0.2) is 18.2 Å². The Morgan fingerprint density at radius 2 is 1.70 bits per heavy atom. The largest absolute Gasteiger partial charge is 0.497 e. The minimum Gasteiger partial charge on any atom is -0.497 e. The lowest BCUT2D eigenvalue weighted by atomic mass is 10.1. The molecule has 2 aromatic rings. The van der Waals surface area contributed by atoms with Crippen molar-refractivity contribution in [3.8, 4) is 5.75 Å². The van der Waals surface area contributed by atoms with Crippen LogP contribution in [0.2, 0.25) is 0 Å².